The Bertz CT molecular complexity index is 1090. The van der Waals surface area contributed by atoms with E-state index in [1.165, 1.54) is 10.4 Å². The molecule has 178 valence electrons. The Morgan fingerprint density at radius 3 is 2.42 bits per heavy atom. The monoisotopic (exact) mass is 475 g/mol. The van der Waals surface area contributed by atoms with Gasteiger partial charge in [-0.3, -0.25) is 4.79 Å². The van der Waals surface area contributed by atoms with E-state index in [4.69, 9.17) is 4.74 Å². The maximum atomic E-state index is 15.1. The fourth-order valence-electron chi connectivity index (χ4n) is 4.38. The smallest absolute Gasteiger partial charge is 0.223 e. The van der Waals surface area contributed by atoms with Crippen molar-refractivity contribution in [1.29, 1.82) is 0 Å². The van der Waals surface area contributed by atoms with Crippen molar-refractivity contribution in [3.63, 3.8) is 0 Å². The van der Waals surface area contributed by atoms with Crippen LogP contribution < -0.4 is 4.90 Å². The van der Waals surface area contributed by atoms with Gasteiger partial charge in [-0.2, -0.15) is 4.31 Å². The van der Waals surface area contributed by atoms with Crippen LogP contribution in [-0.2, 0) is 26.1 Å². The van der Waals surface area contributed by atoms with Crippen LogP contribution in [0.1, 0.15) is 30.2 Å². The molecule has 33 heavy (non-hydrogen) atoms. The van der Waals surface area contributed by atoms with Crippen molar-refractivity contribution in [2.24, 2.45) is 0 Å². The number of sulfonamides is 1. The maximum absolute atomic E-state index is 15.1. The van der Waals surface area contributed by atoms with Crippen LogP contribution in [0.4, 0.5) is 10.1 Å². The first-order chi connectivity index (χ1) is 15.8. The van der Waals surface area contributed by atoms with E-state index < -0.39 is 21.1 Å². The largest absolute Gasteiger partial charge is 0.375 e. The van der Waals surface area contributed by atoms with Gasteiger partial charge in [-0.25, -0.2) is 12.8 Å². The number of nitrogens with zero attached hydrogens (tertiary/aromatic N) is 3. The van der Waals surface area contributed by atoms with Crippen LogP contribution in [0, 0.1) is 5.82 Å². The van der Waals surface area contributed by atoms with E-state index in [2.05, 4.69) is 0 Å². The van der Waals surface area contributed by atoms with Crippen LogP contribution in [0.2, 0.25) is 0 Å². The molecule has 0 N–H and O–H groups in total. The third-order valence-corrected chi connectivity index (χ3v) is 8.48. The van der Waals surface area contributed by atoms with Gasteiger partial charge in [-0.05, 0) is 24.6 Å². The lowest BCUT2D eigenvalue weighted by molar-refractivity contribution is -0.129. The van der Waals surface area contributed by atoms with Crippen LogP contribution in [0.15, 0.2) is 48.5 Å². The van der Waals surface area contributed by atoms with Crippen LogP contribution in [0.25, 0.3) is 0 Å². The van der Waals surface area contributed by atoms with Gasteiger partial charge in [0.1, 0.15) is 11.1 Å². The second-order valence-corrected chi connectivity index (χ2v) is 10.8. The predicted octanol–water partition coefficient (Wildman–Crippen LogP) is 2.79. The summed E-state index contributed by atoms with van der Waals surface area (Å²) in [5.41, 5.74) is 1.72. The number of carbonyl (C=O) groups is 1. The molecule has 0 unspecified atom stereocenters. The zero-order valence-electron chi connectivity index (χ0n) is 19.0. The number of anilines is 1. The Morgan fingerprint density at radius 1 is 1.09 bits per heavy atom. The summed E-state index contributed by atoms with van der Waals surface area (Å²) in [6, 6.07) is 13.9. The SMILES string of the molecule is CC(=O)N1CCN(c2ccc(CN3C[C@@H](C)OC[C@@H](c4ccccc4)S3(=O)=O)c(F)c2)CC1. The van der Waals surface area contributed by atoms with Crippen molar-refractivity contribution >= 4 is 21.6 Å². The number of benzene rings is 2. The van der Waals surface area contributed by atoms with E-state index in [-0.39, 0.29) is 31.7 Å². The highest BCUT2D eigenvalue weighted by molar-refractivity contribution is 7.89. The molecule has 2 fully saturated rings. The lowest BCUT2D eigenvalue weighted by Gasteiger charge is -2.35. The average Bonchev–Trinajstić information content (AvgIpc) is 2.91. The first-order valence-electron chi connectivity index (χ1n) is 11.2. The van der Waals surface area contributed by atoms with E-state index in [0.717, 1.165) is 5.69 Å². The minimum Gasteiger partial charge on any atom is -0.375 e. The molecule has 2 heterocycles. The molecule has 2 aliphatic rings. The van der Waals surface area contributed by atoms with Gasteiger partial charge in [0, 0.05) is 57.4 Å². The highest BCUT2D eigenvalue weighted by Gasteiger charge is 2.38. The maximum Gasteiger partial charge on any atom is 0.223 e. The van der Waals surface area contributed by atoms with Gasteiger partial charge >= 0.3 is 0 Å². The first-order valence-corrected chi connectivity index (χ1v) is 12.7. The molecule has 0 spiro atoms. The van der Waals surface area contributed by atoms with Gasteiger partial charge in [0.25, 0.3) is 0 Å². The summed E-state index contributed by atoms with van der Waals surface area (Å²) < 4.78 is 49.2. The van der Waals surface area contributed by atoms with E-state index in [9.17, 15) is 13.2 Å². The average molecular weight is 476 g/mol. The number of amides is 1. The summed E-state index contributed by atoms with van der Waals surface area (Å²) in [5, 5.41) is -0.830. The summed E-state index contributed by atoms with van der Waals surface area (Å²) in [6.07, 6.45) is -0.298. The van der Waals surface area contributed by atoms with Gasteiger partial charge in [0.15, 0.2) is 0 Å². The summed E-state index contributed by atoms with van der Waals surface area (Å²) in [7, 11) is -3.75. The van der Waals surface area contributed by atoms with E-state index in [0.29, 0.717) is 37.3 Å². The van der Waals surface area contributed by atoms with Gasteiger partial charge < -0.3 is 14.5 Å². The minimum atomic E-state index is -3.75. The standard InChI is InChI=1S/C24H30FN3O4S/c1-18-15-28(33(30,31)24(17-32-18)20-6-4-3-5-7-20)16-21-8-9-22(14-23(21)25)27-12-10-26(11-13-27)19(2)29/h3-9,14,18,24H,10-13,15-17H2,1-2H3/t18-,24+/m1/s1. The highest BCUT2D eigenvalue weighted by Crippen LogP contribution is 2.31. The molecule has 4 rings (SSSR count). The number of rotatable bonds is 4. The van der Waals surface area contributed by atoms with Gasteiger partial charge in [-0.1, -0.05) is 36.4 Å². The normalized spacial score (nSPS) is 23.8. The van der Waals surface area contributed by atoms with E-state index in [1.54, 1.807) is 42.2 Å². The topological polar surface area (TPSA) is 70.2 Å². The van der Waals surface area contributed by atoms with Crippen molar-refractivity contribution in [3.05, 3.63) is 65.5 Å². The molecule has 0 aliphatic carbocycles. The Morgan fingerprint density at radius 2 is 1.79 bits per heavy atom. The molecule has 0 radical (unpaired) electrons. The van der Waals surface area contributed by atoms with Crippen LogP contribution in [-0.4, -0.2) is 69.0 Å². The van der Waals surface area contributed by atoms with Gasteiger partial charge in [-0.15, -0.1) is 0 Å². The molecule has 9 heteroatoms. The third kappa shape index (κ3) is 5.20. The van der Waals surface area contributed by atoms with Gasteiger partial charge in [0.05, 0.1) is 12.7 Å². The Hall–Kier alpha value is -2.49. The zero-order valence-corrected chi connectivity index (χ0v) is 19.8. The summed E-state index contributed by atoms with van der Waals surface area (Å²) in [6.45, 7) is 6.03. The summed E-state index contributed by atoms with van der Waals surface area (Å²) in [4.78, 5) is 15.3. The Kier molecular flexibility index (Phi) is 7.02. The van der Waals surface area contributed by atoms with Gasteiger partial charge in [0.2, 0.25) is 15.9 Å². The summed E-state index contributed by atoms with van der Waals surface area (Å²) in [5.74, 6) is -0.396. The quantitative estimate of drug-likeness (QED) is 0.680. The number of halogens is 1. The zero-order chi connectivity index (χ0) is 23.6. The lowest BCUT2D eigenvalue weighted by atomic mass is 10.1. The first kappa shape index (κ1) is 23.7. The molecule has 0 aromatic heterocycles. The Labute approximate surface area is 194 Å². The molecule has 2 aliphatic heterocycles. The van der Waals surface area contributed by atoms with Crippen molar-refractivity contribution in [1.82, 2.24) is 9.21 Å². The number of hydrogen-bond acceptors (Lipinski definition) is 5. The second kappa shape index (κ2) is 9.79. The Balaban J connectivity index is 1.53. The lowest BCUT2D eigenvalue weighted by Crippen LogP contribution is -2.48. The molecular weight excluding hydrogens is 445 g/mol. The molecule has 2 aromatic rings. The molecule has 2 saturated heterocycles. The molecule has 0 saturated carbocycles. The number of hydrogen-bond donors (Lipinski definition) is 0. The second-order valence-electron chi connectivity index (χ2n) is 8.65. The number of carbonyl (C=O) groups excluding carboxylic acids is 1. The molecule has 7 nitrogen and oxygen atoms in total. The van der Waals surface area contributed by atoms with E-state index >= 15 is 4.39 Å². The number of piperazine rings is 1. The number of ether oxygens (including phenoxy) is 1. The van der Waals surface area contributed by atoms with Crippen molar-refractivity contribution in [2.75, 3.05) is 44.2 Å². The predicted molar refractivity (Wildman–Crippen MR) is 125 cm³/mol. The van der Waals surface area contributed by atoms with Crippen LogP contribution in [0.5, 0.6) is 0 Å². The van der Waals surface area contributed by atoms with Crippen LogP contribution in [0.3, 0.4) is 0 Å². The molecular formula is C24H30FN3O4S. The minimum absolute atomic E-state index is 0.0434. The van der Waals surface area contributed by atoms with Crippen molar-refractivity contribution < 1.29 is 22.3 Å². The molecule has 2 atom stereocenters. The van der Waals surface area contributed by atoms with E-state index in [1.807, 2.05) is 24.0 Å². The van der Waals surface area contributed by atoms with Crippen molar-refractivity contribution in [3.8, 4) is 0 Å². The van der Waals surface area contributed by atoms with Crippen LogP contribution >= 0.6 is 0 Å². The third-order valence-electron chi connectivity index (χ3n) is 6.36. The summed E-state index contributed by atoms with van der Waals surface area (Å²) >= 11 is 0. The molecule has 2 aromatic carbocycles. The molecule has 1 amide bonds. The fourth-order valence-corrected chi connectivity index (χ4v) is 6.23. The van der Waals surface area contributed by atoms with Crippen molar-refractivity contribution in [2.45, 2.75) is 31.7 Å². The fraction of sp³-hybridized carbons (Fsp3) is 0.458. The molecule has 0 bridgehead atoms. The highest BCUT2D eigenvalue weighted by atomic mass is 32.2.